The summed E-state index contributed by atoms with van der Waals surface area (Å²) in [6.07, 6.45) is 1.62. The molecule has 0 spiro atoms. The van der Waals surface area contributed by atoms with Gasteiger partial charge in [0.05, 0.1) is 11.6 Å². The molecular formula is C14H23FN2O. The highest BCUT2D eigenvalue weighted by Gasteiger charge is 2.37. The van der Waals surface area contributed by atoms with Gasteiger partial charge in [0.1, 0.15) is 5.82 Å². The average molecular weight is 254 g/mol. The second-order valence-corrected chi connectivity index (χ2v) is 4.36. The van der Waals surface area contributed by atoms with Crippen LogP contribution >= 0.6 is 0 Å². The first-order valence-electron chi connectivity index (χ1n) is 6.49. The highest BCUT2D eigenvalue weighted by molar-refractivity contribution is 5.23. The number of rotatable bonds is 7. The number of benzene rings is 1. The van der Waals surface area contributed by atoms with Crippen LogP contribution in [-0.2, 0) is 4.74 Å². The predicted octanol–water partition coefficient (Wildman–Crippen LogP) is 2.93. The van der Waals surface area contributed by atoms with Gasteiger partial charge in [-0.2, -0.15) is 0 Å². The predicted molar refractivity (Wildman–Crippen MR) is 71.4 cm³/mol. The Morgan fingerprint density at radius 1 is 1.33 bits per heavy atom. The average Bonchev–Trinajstić information content (AvgIpc) is 2.38. The van der Waals surface area contributed by atoms with E-state index in [2.05, 4.69) is 19.3 Å². The van der Waals surface area contributed by atoms with Gasteiger partial charge in [-0.3, -0.25) is 11.3 Å². The Bertz CT molecular complexity index is 367. The summed E-state index contributed by atoms with van der Waals surface area (Å²) in [6, 6.07) is 6.27. The normalized spacial score (nSPS) is 13.6. The van der Waals surface area contributed by atoms with E-state index in [9.17, 15) is 4.39 Å². The molecule has 0 fully saturated rings. The van der Waals surface area contributed by atoms with Gasteiger partial charge in [-0.05, 0) is 37.5 Å². The van der Waals surface area contributed by atoms with Crippen molar-refractivity contribution in [2.24, 2.45) is 5.84 Å². The van der Waals surface area contributed by atoms with Crippen LogP contribution in [0.25, 0.3) is 0 Å². The third-order valence-electron chi connectivity index (χ3n) is 3.50. The largest absolute Gasteiger partial charge is 0.373 e. The third-order valence-corrected chi connectivity index (χ3v) is 3.50. The Morgan fingerprint density at radius 2 is 2.00 bits per heavy atom. The lowest BCUT2D eigenvalue weighted by molar-refractivity contribution is -0.0734. The summed E-state index contributed by atoms with van der Waals surface area (Å²) < 4.78 is 19.2. The third kappa shape index (κ3) is 3.07. The van der Waals surface area contributed by atoms with Crippen LogP contribution in [0.5, 0.6) is 0 Å². The number of nitrogens with two attached hydrogens (primary N) is 1. The second kappa shape index (κ2) is 6.83. The summed E-state index contributed by atoms with van der Waals surface area (Å²) in [5.41, 5.74) is 3.19. The Balaban J connectivity index is 3.13. The van der Waals surface area contributed by atoms with Gasteiger partial charge in [-0.25, -0.2) is 4.39 Å². The van der Waals surface area contributed by atoms with Gasteiger partial charge in [0, 0.05) is 6.61 Å². The maximum Gasteiger partial charge on any atom is 0.123 e. The first-order chi connectivity index (χ1) is 8.63. The van der Waals surface area contributed by atoms with Gasteiger partial charge in [-0.15, -0.1) is 0 Å². The van der Waals surface area contributed by atoms with Crippen molar-refractivity contribution in [2.45, 2.75) is 45.3 Å². The van der Waals surface area contributed by atoms with Crippen molar-refractivity contribution in [3.05, 3.63) is 35.6 Å². The van der Waals surface area contributed by atoms with Crippen molar-refractivity contribution in [3.8, 4) is 0 Å². The summed E-state index contributed by atoms with van der Waals surface area (Å²) in [7, 11) is 0. The lowest BCUT2D eigenvalue weighted by Crippen LogP contribution is -2.48. The van der Waals surface area contributed by atoms with E-state index in [1.165, 1.54) is 12.1 Å². The summed E-state index contributed by atoms with van der Waals surface area (Å²) in [6.45, 7) is 6.68. The molecule has 1 rings (SSSR count). The molecule has 0 aliphatic rings. The van der Waals surface area contributed by atoms with Crippen LogP contribution in [0.4, 0.5) is 4.39 Å². The summed E-state index contributed by atoms with van der Waals surface area (Å²) in [4.78, 5) is 0. The molecule has 0 heterocycles. The SMILES string of the molecule is CCOC(CC)(CC)C(NN)c1cccc(F)c1. The molecule has 0 radical (unpaired) electrons. The molecule has 3 N–H and O–H groups in total. The summed E-state index contributed by atoms with van der Waals surface area (Å²) >= 11 is 0. The number of nitrogens with one attached hydrogen (secondary N) is 1. The topological polar surface area (TPSA) is 47.3 Å². The van der Waals surface area contributed by atoms with Crippen LogP contribution in [0.3, 0.4) is 0 Å². The number of hydrazine groups is 1. The summed E-state index contributed by atoms with van der Waals surface area (Å²) in [5, 5.41) is 0. The number of ether oxygens (including phenoxy) is 1. The Kier molecular flexibility index (Phi) is 5.72. The zero-order valence-corrected chi connectivity index (χ0v) is 11.4. The summed E-state index contributed by atoms with van der Waals surface area (Å²) in [5.74, 6) is 5.41. The molecule has 1 aromatic carbocycles. The molecule has 0 saturated heterocycles. The number of halogens is 1. The van der Waals surface area contributed by atoms with Gasteiger partial charge in [0.25, 0.3) is 0 Å². The van der Waals surface area contributed by atoms with E-state index in [0.29, 0.717) is 6.61 Å². The van der Waals surface area contributed by atoms with Gasteiger partial charge in [0.15, 0.2) is 0 Å². The minimum absolute atomic E-state index is 0.219. The smallest absolute Gasteiger partial charge is 0.123 e. The number of hydrogen-bond donors (Lipinski definition) is 2. The molecule has 0 bridgehead atoms. The zero-order valence-electron chi connectivity index (χ0n) is 11.4. The first-order valence-corrected chi connectivity index (χ1v) is 6.49. The minimum atomic E-state index is -0.405. The Hall–Kier alpha value is -0.970. The molecule has 0 saturated carbocycles. The van der Waals surface area contributed by atoms with E-state index in [-0.39, 0.29) is 11.9 Å². The fourth-order valence-electron chi connectivity index (χ4n) is 2.47. The fourth-order valence-corrected chi connectivity index (χ4v) is 2.47. The second-order valence-electron chi connectivity index (χ2n) is 4.36. The van der Waals surface area contributed by atoms with Crippen molar-refractivity contribution in [1.29, 1.82) is 0 Å². The van der Waals surface area contributed by atoms with Crippen molar-refractivity contribution in [1.82, 2.24) is 5.43 Å². The van der Waals surface area contributed by atoms with E-state index < -0.39 is 5.60 Å². The maximum atomic E-state index is 13.3. The molecule has 0 aliphatic carbocycles. The monoisotopic (exact) mass is 254 g/mol. The minimum Gasteiger partial charge on any atom is -0.373 e. The number of hydrogen-bond acceptors (Lipinski definition) is 3. The van der Waals surface area contributed by atoms with Crippen LogP contribution in [0.15, 0.2) is 24.3 Å². The van der Waals surface area contributed by atoms with Crippen molar-refractivity contribution in [2.75, 3.05) is 6.61 Å². The molecule has 102 valence electrons. The Morgan fingerprint density at radius 3 is 2.44 bits per heavy atom. The van der Waals surface area contributed by atoms with Gasteiger partial charge < -0.3 is 4.74 Å². The maximum absolute atomic E-state index is 13.3. The van der Waals surface area contributed by atoms with Crippen molar-refractivity contribution < 1.29 is 9.13 Å². The molecule has 0 aromatic heterocycles. The van der Waals surface area contributed by atoms with E-state index in [1.54, 1.807) is 6.07 Å². The van der Waals surface area contributed by atoms with Crippen molar-refractivity contribution >= 4 is 0 Å². The van der Waals surface area contributed by atoms with E-state index in [4.69, 9.17) is 10.6 Å². The molecule has 0 aliphatic heterocycles. The lowest BCUT2D eigenvalue weighted by atomic mass is 9.84. The zero-order chi connectivity index (χ0) is 13.6. The molecule has 1 aromatic rings. The highest BCUT2D eigenvalue weighted by Crippen LogP contribution is 2.35. The van der Waals surface area contributed by atoms with Crippen molar-refractivity contribution in [3.63, 3.8) is 0 Å². The Labute approximate surface area is 108 Å². The van der Waals surface area contributed by atoms with Gasteiger partial charge in [-0.1, -0.05) is 26.0 Å². The standard InChI is InChI=1S/C14H23FN2O/c1-4-14(5-2,18-6-3)13(17-16)11-8-7-9-12(15)10-11/h7-10,13,17H,4-6,16H2,1-3H3. The molecule has 18 heavy (non-hydrogen) atoms. The quantitative estimate of drug-likeness (QED) is 0.581. The molecule has 1 atom stereocenters. The van der Waals surface area contributed by atoms with Crippen LogP contribution < -0.4 is 11.3 Å². The molecular weight excluding hydrogens is 231 g/mol. The van der Waals surface area contributed by atoms with Gasteiger partial charge in [0.2, 0.25) is 0 Å². The van der Waals surface area contributed by atoms with E-state index in [0.717, 1.165) is 18.4 Å². The first kappa shape index (κ1) is 15.1. The molecule has 3 nitrogen and oxygen atoms in total. The van der Waals surface area contributed by atoms with Crippen LogP contribution in [0.1, 0.15) is 45.2 Å². The van der Waals surface area contributed by atoms with Crippen LogP contribution in [0.2, 0.25) is 0 Å². The van der Waals surface area contributed by atoms with E-state index >= 15 is 0 Å². The fraction of sp³-hybridized carbons (Fsp3) is 0.571. The van der Waals surface area contributed by atoms with Crippen LogP contribution in [-0.4, -0.2) is 12.2 Å². The van der Waals surface area contributed by atoms with E-state index in [1.807, 2.05) is 13.0 Å². The molecule has 0 amide bonds. The highest BCUT2D eigenvalue weighted by atomic mass is 19.1. The lowest BCUT2D eigenvalue weighted by Gasteiger charge is -2.39. The van der Waals surface area contributed by atoms with Gasteiger partial charge >= 0.3 is 0 Å². The van der Waals surface area contributed by atoms with Crippen LogP contribution in [0, 0.1) is 5.82 Å². The molecule has 1 unspecified atom stereocenters. The molecule has 4 heteroatoms.